The predicted octanol–water partition coefficient (Wildman–Crippen LogP) is 4.05. The maximum absolute atomic E-state index is 11.6. The van der Waals surface area contributed by atoms with Gasteiger partial charge in [0.1, 0.15) is 0 Å². The monoisotopic (exact) mass is 317 g/mol. The Hall–Kier alpha value is -0.460. The van der Waals surface area contributed by atoms with Crippen LogP contribution in [-0.4, -0.2) is 19.5 Å². The van der Waals surface area contributed by atoms with Crippen molar-refractivity contribution in [1.82, 2.24) is 0 Å². The van der Waals surface area contributed by atoms with Gasteiger partial charge in [0.25, 0.3) is 0 Å². The number of ether oxygens (including phenoxy) is 1. The van der Waals surface area contributed by atoms with Crippen molar-refractivity contribution >= 4 is 33.2 Å². The molecule has 0 aromatic heterocycles. The Morgan fingerprint density at radius 3 is 2.62 bits per heavy atom. The molecule has 0 saturated heterocycles. The van der Waals surface area contributed by atoms with E-state index in [1.54, 1.807) is 18.2 Å². The minimum absolute atomic E-state index is 0.0530. The molecule has 90 valence electrons. The van der Waals surface area contributed by atoms with Crippen molar-refractivity contribution in [1.29, 1.82) is 0 Å². The second kappa shape index (κ2) is 5.75. The van der Waals surface area contributed by atoms with Gasteiger partial charge in [-0.15, -0.1) is 13.2 Å². The smallest absolute Gasteiger partial charge is 0.383 e. The summed E-state index contributed by atoms with van der Waals surface area (Å²) in [4.78, 5) is 0. The van der Waals surface area contributed by atoms with E-state index in [0.717, 1.165) is 4.47 Å². The molecule has 0 aliphatic heterocycles. The Bertz CT molecular complexity index is 359. The average molecular weight is 319 g/mol. The van der Waals surface area contributed by atoms with Crippen molar-refractivity contribution in [2.24, 2.45) is 0 Å². The van der Waals surface area contributed by atoms with Gasteiger partial charge >= 0.3 is 6.36 Å². The summed E-state index contributed by atoms with van der Waals surface area (Å²) in [6, 6.07) is 5.01. The third kappa shape index (κ3) is 5.05. The summed E-state index contributed by atoms with van der Waals surface area (Å²) >= 11 is 9.01. The fraction of sp³-hybridized carbons (Fsp3) is 0.333. The van der Waals surface area contributed by atoms with Crippen LogP contribution in [0.15, 0.2) is 22.7 Å². The second-order valence-corrected chi connectivity index (χ2v) is 4.11. The molecule has 0 spiro atoms. The van der Waals surface area contributed by atoms with E-state index in [9.17, 15) is 13.2 Å². The van der Waals surface area contributed by atoms with Gasteiger partial charge in [0.05, 0.1) is 11.6 Å². The standard InChI is InChI=1S/C9H8BrClF3NO/c10-7-2-1-6(5-8(7)11)15-3-4-16-9(12,13)14/h1-2,5,15H,3-4H2. The van der Waals surface area contributed by atoms with E-state index in [1.165, 1.54) is 0 Å². The lowest BCUT2D eigenvalue weighted by atomic mass is 10.3. The third-order valence-corrected chi connectivity index (χ3v) is 2.85. The summed E-state index contributed by atoms with van der Waals surface area (Å²) in [5.74, 6) is 0. The van der Waals surface area contributed by atoms with Gasteiger partial charge in [0.2, 0.25) is 0 Å². The van der Waals surface area contributed by atoms with Crippen LogP contribution in [0.25, 0.3) is 0 Å². The topological polar surface area (TPSA) is 21.3 Å². The molecule has 2 nitrogen and oxygen atoms in total. The zero-order valence-electron chi connectivity index (χ0n) is 7.94. The molecule has 0 aliphatic rings. The molecular weight excluding hydrogens is 310 g/mol. The molecule has 0 radical (unpaired) electrons. The van der Waals surface area contributed by atoms with Gasteiger partial charge in [-0.1, -0.05) is 11.6 Å². The second-order valence-electron chi connectivity index (χ2n) is 2.85. The highest BCUT2D eigenvalue weighted by molar-refractivity contribution is 9.10. The van der Waals surface area contributed by atoms with Crippen LogP contribution in [0.3, 0.4) is 0 Å². The molecule has 0 bridgehead atoms. The van der Waals surface area contributed by atoms with Crippen LogP contribution in [0.1, 0.15) is 0 Å². The number of nitrogens with one attached hydrogen (secondary N) is 1. The fourth-order valence-electron chi connectivity index (χ4n) is 0.968. The third-order valence-electron chi connectivity index (χ3n) is 1.62. The first-order valence-electron chi connectivity index (χ1n) is 4.28. The molecule has 0 aliphatic carbocycles. The Kier molecular flexibility index (Phi) is 4.89. The predicted molar refractivity (Wildman–Crippen MR) is 59.6 cm³/mol. The number of hydrogen-bond acceptors (Lipinski definition) is 2. The minimum Gasteiger partial charge on any atom is -0.383 e. The minimum atomic E-state index is -4.58. The SMILES string of the molecule is FC(F)(F)OCCNc1ccc(Br)c(Cl)c1. The zero-order chi connectivity index (χ0) is 12.2. The van der Waals surface area contributed by atoms with Gasteiger partial charge in [0.15, 0.2) is 0 Å². The van der Waals surface area contributed by atoms with Gasteiger partial charge in [0, 0.05) is 16.7 Å². The Morgan fingerprint density at radius 2 is 2.06 bits per heavy atom. The molecule has 0 fully saturated rings. The number of alkyl halides is 3. The van der Waals surface area contributed by atoms with Gasteiger partial charge < -0.3 is 5.32 Å². The van der Waals surface area contributed by atoms with Crippen molar-refractivity contribution in [2.75, 3.05) is 18.5 Å². The van der Waals surface area contributed by atoms with E-state index in [-0.39, 0.29) is 6.54 Å². The van der Waals surface area contributed by atoms with Crippen molar-refractivity contribution < 1.29 is 17.9 Å². The molecule has 1 rings (SSSR count). The number of halogens is 5. The van der Waals surface area contributed by atoms with E-state index in [0.29, 0.717) is 10.7 Å². The molecule has 0 amide bonds. The number of hydrogen-bond donors (Lipinski definition) is 1. The van der Waals surface area contributed by atoms with Crippen LogP contribution in [0.5, 0.6) is 0 Å². The first kappa shape index (κ1) is 13.6. The van der Waals surface area contributed by atoms with Crippen LogP contribution in [0.2, 0.25) is 5.02 Å². The molecule has 1 aromatic carbocycles. The van der Waals surface area contributed by atoms with Crippen LogP contribution < -0.4 is 5.32 Å². The van der Waals surface area contributed by atoms with Gasteiger partial charge in [-0.3, -0.25) is 4.74 Å². The first-order valence-corrected chi connectivity index (χ1v) is 5.45. The highest BCUT2D eigenvalue weighted by Crippen LogP contribution is 2.25. The van der Waals surface area contributed by atoms with Crippen LogP contribution in [-0.2, 0) is 4.74 Å². The molecule has 0 atom stereocenters. The highest BCUT2D eigenvalue weighted by Gasteiger charge is 2.28. The van der Waals surface area contributed by atoms with Crippen LogP contribution >= 0.6 is 27.5 Å². The summed E-state index contributed by atoms with van der Waals surface area (Å²) in [6.45, 7) is -0.394. The van der Waals surface area contributed by atoms with E-state index in [4.69, 9.17) is 11.6 Å². The van der Waals surface area contributed by atoms with E-state index >= 15 is 0 Å². The summed E-state index contributed by atoms with van der Waals surface area (Å²) in [6.07, 6.45) is -4.58. The van der Waals surface area contributed by atoms with Gasteiger partial charge in [-0.25, -0.2) is 0 Å². The summed E-state index contributed by atoms with van der Waals surface area (Å²) in [5, 5.41) is 3.24. The van der Waals surface area contributed by atoms with Crippen LogP contribution in [0, 0.1) is 0 Å². The average Bonchev–Trinajstić information content (AvgIpc) is 2.17. The van der Waals surface area contributed by atoms with Gasteiger partial charge in [-0.2, -0.15) is 0 Å². The van der Waals surface area contributed by atoms with Crippen molar-refractivity contribution in [3.8, 4) is 0 Å². The molecule has 16 heavy (non-hydrogen) atoms. The molecule has 1 N–H and O–H groups in total. The summed E-state index contributed by atoms with van der Waals surface area (Å²) in [5.41, 5.74) is 0.638. The maximum atomic E-state index is 11.6. The van der Waals surface area contributed by atoms with Crippen molar-refractivity contribution in [2.45, 2.75) is 6.36 Å². The van der Waals surface area contributed by atoms with Crippen molar-refractivity contribution in [3.63, 3.8) is 0 Å². The lowest BCUT2D eigenvalue weighted by Gasteiger charge is -2.09. The first-order chi connectivity index (χ1) is 7.38. The largest absolute Gasteiger partial charge is 0.522 e. The Morgan fingerprint density at radius 1 is 1.38 bits per heavy atom. The van der Waals surface area contributed by atoms with E-state index in [1.807, 2.05) is 0 Å². The fourth-order valence-corrected chi connectivity index (χ4v) is 1.40. The quantitative estimate of drug-likeness (QED) is 0.846. The molecule has 1 aromatic rings. The number of anilines is 1. The number of rotatable bonds is 4. The lowest BCUT2D eigenvalue weighted by Crippen LogP contribution is -2.19. The van der Waals surface area contributed by atoms with Crippen molar-refractivity contribution in [3.05, 3.63) is 27.7 Å². The normalized spacial score (nSPS) is 11.6. The molecule has 0 saturated carbocycles. The van der Waals surface area contributed by atoms with Crippen LogP contribution in [0.4, 0.5) is 18.9 Å². The lowest BCUT2D eigenvalue weighted by molar-refractivity contribution is -0.322. The van der Waals surface area contributed by atoms with E-state index in [2.05, 4.69) is 26.0 Å². The molecular formula is C9H8BrClF3NO. The Balaban J connectivity index is 2.35. The van der Waals surface area contributed by atoms with E-state index < -0.39 is 13.0 Å². The highest BCUT2D eigenvalue weighted by atomic mass is 79.9. The molecule has 0 unspecified atom stereocenters. The summed E-state index contributed by atoms with van der Waals surface area (Å²) in [7, 11) is 0. The molecule has 7 heteroatoms. The Labute approximate surface area is 104 Å². The molecule has 0 heterocycles. The zero-order valence-corrected chi connectivity index (χ0v) is 10.3. The maximum Gasteiger partial charge on any atom is 0.522 e. The van der Waals surface area contributed by atoms with Gasteiger partial charge in [-0.05, 0) is 34.1 Å². The summed E-state index contributed by atoms with van der Waals surface area (Å²) < 4.78 is 39.2. The number of benzene rings is 1.